The van der Waals surface area contributed by atoms with E-state index in [0.717, 1.165) is 0 Å². The summed E-state index contributed by atoms with van der Waals surface area (Å²) in [4.78, 5) is 47.6. The summed E-state index contributed by atoms with van der Waals surface area (Å²) < 4.78 is 10.1. The third-order valence-electron chi connectivity index (χ3n) is 4.11. The van der Waals surface area contributed by atoms with Gasteiger partial charge in [0.05, 0.1) is 0 Å². The highest BCUT2D eigenvalue weighted by molar-refractivity contribution is 5.95. The molecule has 3 amide bonds. The molecule has 0 atom stereocenters. The lowest BCUT2D eigenvalue weighted by Gasteiger charge is -2.19. The number of amides is 3. The van der Waals surface area contributed by atoms with Crippen molar-refractivity contribution in [3.63, 3.8) is 0 Å². The number of ether oxygens (including phenoxy) is 2. The van der Waals surface area contributed by atoms with Crippen molar-refractivity contribution in [1.29, 1.82) is 0 Å². The first-order valence-corrected chi connectivity index (χ1v) is 10.4. The van der Waals surface area contributed by atoms with Gasteiger partial charge < -0.3 is 25.4 Å². The number of nitrogens with one attached hydrogen (secondary N) is 3. The van der Waals surface area contributed by atoms with Crippen LogP contribution in [0.2, 0.25) is 0 Å². The zero-order valence-electron chi connectivity index (χ0n) is 19.2. The molecule has 0 saturated carbocycles. The summed E-state index contributed by atoms with van der Waals surface area (Å²) in [5, 5.41) is 8.11. The molecule has 3 N–H and O–H groups in total. The lowest BCUT2D eigenvalue weighted by Crippen LogP contribution is -2.34. The van der Waals surface area contributed by atoms with Crippen LogP contribution in [-0.2, 0) is 20.9 Å². The fourth-order valence-electron chi connectivity index (χ4n) is 2.75. The van der Waals surface area contributed by atoms with Crippen molar-refractivity contribution in [2.75, 3.05) is 11.9 Å². The van der Waals surface area contributed by atoms with Crippen LogP contribution in [0, 0.1) is 0 Å². The summed E-state index contributed by atoms with van der Waals surface area (Å²) in [6, 6.07) is 13.3. The second-order valence-electron chi connectivity index (χ2n) is 8.19. The average molecular weight is 456 g/mol. The predicted octanol–water partition coefficient (Wildman–Crippen LogP) is 3.40. The second-order valence-corrected chi connectivity index (χ2v) is 8.19. The van der Waals surface area contributed by atoms with Gasteiger partial charge in [0.25, 0.3) is 5.91 Å². The van der Waals surface area contributed by atoms with Gasteiger partial charge in [-0.15, -0.1) is 0 Å². The third kappa shape index (κ3) is 9.42. The van der Waals surface area contributed by atoms with E-state index in [4.69, 9.17) is 9.47 Å². The number of carbonyl (C=O) groups is 4. The Morgan fingerprint density at radius 2 is 1.67 bits per heavy atom. The van der Waals surface area contributed by atoms with Crippen LogP contribution in [0.4, 0.5) is 10.5 Å². The Balaban J connectivity index is 1.89. The number of para-hydroxylation sites is 1. The zero-order chi connectivity index (χ0) is 24.4. The van der Waals surface area contributed by atoms with E-state index in [-0.39, 0.29) is 37.1 Å². The van der Waals surface area contributed by atoms with Gasteiger partial charge in [0.2, 0.25) is 5.91 Å². The van der Waals surface area contributed by atoms with E-state index in [2.05, 4.69) is 16.0 Å². The molecule has 176 valence electrons. The minimum Gasteiger partial charge on any atom is -0.444 e. The Morgan fingerprint density at radius 1 is 0.939 bits per heavy atom. The number of hydrogen-bond acceptors (Lipinski definition) is 6. The van der Waals surface area contributed by atoms with Gasteiger partial charge >= 0.3 is 12.1 Å². The van der Waals surface area contributed by atoms with Gasteiger partial charge in [-0.25, -0.2) is 4.79 Å². The lowest BCUT2D eigenvalue weighted by atomic mass is 10.1. The fraction of sp³-hybridized carbons (Fsp3) is 0.333. The largest absolute Gasteiger partial charge is 0.444 e. The van der Waals surface area contributed by atoms with E-state index in [0.29, 0.717) is 16.8 Å². The summed E-state index contributed by atoms with van der Waals surface area (Å²) in [6.07, 6.45) is -0.528. The number of hydrogen-bond donors (Lipinski definition) is 3. The van der Waals surface area contributed by atoms with E-state index >= 15 is 0 Å². The van der Waals surface area contributed by atoms with Crippen LogP contribution in [0.15, 0.2) is 48.5 Å². The Morgan fingerprint density at radius 3 is 2.36 bits per heavy atom. The molecule has 0 aliphatic rings. The van der Waals surface area contributed by atoms with Crippen LogP contribution < -0.4 is 20.7 Å². The Bertz CT molecular complexity index is 1010. The van der Waals surface area contributed by atoms with Gasteiger partial charge in [-0.2, -0.15) is 0 Å². The number of benzene rings is 2. The Labute approximate surface area is 192 Å². The van der Waals surface area contributed by atoms with Gasteiger partial charge in [-0.1, -0.05) is 24.3 Å². The second kappa shape index (κ2) is 11.7. The predicted molar refractivity (Wildman–Crippen MR) is 123 cm³/mol. The quantitative estimate of drug-likeness (QED) is 0.414. The molecule has 9 nitrogen and oxygen atoms in total. The number of anilines is 1. The summed E-state index contributed by atoms with van der Waals surface area (Å²) in [7, 11) is 0. The lowest BCUT2D eigenvalue weighted by molar-refractivity contribution is -0.131. The smallest absolute Gasteiger partial charge is 0.407 e. The summed E-state index contributed by atoms with van der Waals surface area (Å²) in [5.74, 6) is -0.841. The van der Waals surface area contributed by atoms with E-state index in [1.54, 1.807) is 63.2 Å². The topological polar surface area (TPSA) is 123 Å². The number of alkyl carbamates (subject to hydrolysis) is 1. The maximum Gasteiger partial charge on any atom is 0.407 e. The van der Waals surface area contributed by atoms with Crippen LogP contribution >= 0.6 is 0 Å². The molecule has 0 unspecified atom stereocenters. The average Bonchev–Trinajstić information content (AvgIpc) is 2.71. The summed E-state index contributed by atoms with van der Waals surface area (Å²) >= 11 is 0. The molecule has 0 aromatic heterocycles. The number of esters is 1. The minimum atomic E-state index is -0.614. The SMILES string of the molecule is CC(=O)Oc1cccc(C(=O)NCc2ccccc2NC(=O)CCNC(=O)OC(C)(C)C)c1. The maximum atomic E-state index is 12.5. The van der Waals surface area contributed by atoms with Crippen LogP contribution in [0.25, 0.3) is 0 Å². The molecule has 0 aliphatic heterocycles. The first-order valence-electron chi connectivity index (χ1n) is 10.4. The highest BCUT2D eigenvalue weighted by Gasteiger charge is 2.16. The monoisotopic (exact) mass is 455 g/mol. The van der Waals surface area contributed by atoms with E-state index in [1.807, 2.05) is 0 Å². The van der Waals surface area contributed by atoms with Gasteiger partial charge in [0, 0.05) is 37.7 Å². The van der Waals surface area contributed by atoms with Gasteiger partial charge in [-0.05, 0) is 50.6 Å². The van der Waals surface area contributed by atoms with Gasteiger partial charge in [-0.3, -0.25) is 14.4 Å². The van der Waals surface area contributed by atoms with Crippen molar-refractivity contribution in [3.8, 4) is 5.75 Å². The Hall–Kier alpha value is -3.88. The highest BCUT2D eigenvalue weighted by atomic mass is 16.6. The van der Waals surface area contributed by atoms with Crippen molar-refractivity contribution in [1.82, 2.24) is 10.6 Å². The van der Waals surface area contributed by atoms with Crippen LogP contribution in [0.1, 0.15) is 50.0 Å². The minimum absolute atomic E-state index is 0.0584. The van der Waals surface area contributed by atoms with Crippen molar-refractivity contribution in [3.05, 3.63) is 59.7 Å². The molecule has 2 aromatic carbocycles. The van der Waals surface area contributed by atoms with Crippen molar-refractivity contribution < 1.29 is 28.7 Å². The molecular formula is C24H29N3O6. The third-order valence-corrected chi connectivity index (χ3v) is 4.11. The first kappa shape index (κ1) is 25.4. The fourth-order valence-corrected chi connectivity index (χ4v) is 2.75. The van der Waals surface area contributed by atoms with E-state index in [1.165, 1.54) is 13.0 Å². The van der Waals surface area contributed by atoms with Crippen molar-refractivity contribution in [2.45, 2.75) is 46.3 Å². The van der Waals surface area contributed by atoms with Crippen molar-refractivity contribution in [2.24, 2.45) is 0 Å². The van der Waals surface area contributed by atoms with Crippen LogP contribution in [0.5, 0.6) is 5.75 Å². The van der Waals surface area contributed by atoms with Crippen LogP contribution in [-0.4, -0.2) is 36.0 Å². The first-order chi connectivity index (χ1) is 15.5. The molecule has 0 spiro atoms. The highest BCUT2D eigenvalue weighted by Crippen LogP contribution is 2.17. The van der Waals surface area contributed by atoms with Gasteiger partial charge in [0.1, 0.15) is 11.4 Å². The molecular weight excluding hydrogens is 426 g/mol. The van der Waals surface area contributed by atoms with Crippen molar-refractivity contribution >= 4 is 29.6 Å². The van der Waals surface area contributed by atoms with Crippen LogP contribution in [0.3, 0.4) is 0 Å². The van der Waals surface area contributed by atoms with Gasteiger partial charge in [0.15, 0.2) is 0 Å². The molecule has 0 fully saturated rings. The molecule has 0 radical (unpaired) electrons. The Kier molecular flexibility index (Phi) is 8.97. The standard InChI is InChI=1S/C24H29N3O6/c1-16(28)32-19-10-7-9-17(14-19)22(30)26-15-18-8-5-6-11-20(18)27-21(29)12-13-25-23(31)33-24(2,3)4/h5-11,14H,12-13,15H2,1-4H3,(H,25,31)(H,26,30)(H,27,29). The molecule has 9 heteroatoms. The zero-order valence-corrected chi connectivity index (χ0v) is 19.2. The molecule has 0 heterocycles. The number of rotatable bonds is 8. The number of carbonyl (C=O) groups excluding carboxylic acids is 4. The maximum absolute atomic E-state index is 12.5. The molecule has 0 bridgehead atoms. The molecule has 2 rings (SSSR count). The molecule has 0 saturated heterocycles. The molecule has 2 aromatic rings. The summed E-state index contributed by atoms with van der Waals surface area (Å²) in [6.45, 7) is 6.84. The summed E-state index contributed by atoms with van der Waals surface area (Å²) in [5.41, 5.74) is 0.977. The van der Waals surface area contributed by atoms with E-state index < -0.39 is 17.7 Å². The van der Waals surface area contributed by atoms with E-state index in [9.17, 15) is 19.2 Å². The molecule has 0 aliphatic carbocycles. The molecule has 33 heavy (non-hydrogen) atoms. The normalized spacial score (nSPS) is 10.7.